The summed E-state index contributed by atoms with van der Waals surface area (Å²) in [6.45, 7) is 8.49. The summed E-state index contributed by atoms with van der Waals surface area (Å²) in [5, 5.41) is 3.41. The average molecular weight is 328 g/mol. The SMILES string of the molecule is C/C=C(\CCC)C(=C1CCNCC1)c1cncc(C(=O)OCC)c1. The highest BCUT2D eigenvalue weighted by molar-refractivity contribution is 5.91. The van der Waals surface area contributed by atoms with Gasteiger partial charge in [0.1, 0.15) is 0 Å². The van der Waals surface area contributed by atoms with Crippen molar-refractivity contribution >= 4 is 11.5 Å². The molecular formula is C20H28N2O2. The van der Waals surface area contributed by atoms with Crippen LogP contribution in [0, 0.1) is 0 Å². The van der Waals surface area contributed by atoms with Crippen molar-refractivity contribution in [2.45, 2.75) is 46.5 Å². The van der Waals surface area contributed by atoms with Crippen LogP contribution in [0.3, 0.4) is 0 Å². The molecule has 0 saturated carbocycles. The van der Waals surface area contributed by atoms with E-state index in [9.17, 15) is 4.79 Å². The molecule has 1 aliphatic rings. The fourth-order valence-electron chi connectivity index (χ4n) is 3.18. The molecule has 1 saturated heterocycles. The molecular weight excluding hydrogens is 300 g/mol. The number of pyridine rings is 1. The van der Waals surface area contributed by atoms with Gasteiger partial charge in [0.15, 0.2) is 0 Å². The number of nitrogens with one attached hydrogen (secondary N) is 1. The van der Waals surface area contributed by atoms with E-state index in [0.717, 1.165) is 44.3 Å². The summed E-state index contributed by atoms with van der Waals surface area (Å²) in [5.74, 6) is -0.306. The van der Waals surface area contributed by atoms with Crippen molar-refractivity contribution in [3.63, 3.8) is 0 Å². The number of hydrogen-bond acceptors (Lipinski definition) is 4. The van der Waals surface area contributed by atoms with Gasteiger partial charge in [-0.1, -0.05) is 25.0 Å². The molecule has 130 valence electrons. The highest BCUT2D eigenvalue weighted by atomic mass is 16.5. The first kappa shape index (κ1) is 18.4. The third-order valence-electron chi connectivity index (χ3n) is 4.29. The summed E-state index contributed by atoms with van der Waals surface area (Å²) in [6.07, 6.45) is 9.87. The molecule has 0 radical (unpaired) electrons. The number of nitrogens with zero attached hydrogens (tertiary/aromatic N) is 1. The van der Waals surface area contributed by atoms with Gasteiger partial charge in [-0.15, -0.1) is 0 Å². The summed E-state index contributed by atoms with van der Waals surface area (Å²) in [5.41, 5.74) is 5.63. The fourth-order valence-corrected chi connectivity index (χ4v) is 3.18. The van der Waals surface area contributed by atoms with Gasteiger partial charge in [-0.3, -0.25) is 4.98 Å². The normalized spacial score (nSPS) is 15.3. The maximum Gasteiger partial charge on any atom is 0.339 e. The Bertz CT molecular complexity index is 624. The molecule has 0 atom stereocenters. The minimum atomic E-state index is -0.306. The van der Waals surface area contributed by atoms with Crippen molar-refractivity contribution in [3.8, 4) is 0 Å². The van der Waals surface area contributed by atoms with Gasteiger partial charge in [-0.05, 0) is 63.4 Å². The molecule has 2 rings (SSSR count). The Morgan fingerprint density at radius 3 is 2.58 bits per heavy atom. The molecule has 0 amide bonds. The van der Waals surface area contributed by atoms with Crippen LogP contribution >= 0.6 is 0 Å². The standard InChI is InChI=1S/C20H28N2O2/c1-4-7-15(5-2)19(16-8-10-21-11-9-16)17-12-18(14-22-13-17)20(23)24-6-3/h5,12-14,21H,4,6-11H2,1-3H3/b15-5+. The van der Waals surface area contributed by atoms with Gasteiger partial charge in [-0.25, -0.2) is 4.79 Å². The molecule has 1 N–H and O–H groups in total. The number of piperidine rings is 1. The van der Waals surface area contributed by atoms with Crippen LogP contribution < -0.4 is 5.32 Å². The predicted molar refractivity (Wildman–Crippen MR) is 97.9 cm³/mol. The van der Waals surface area contributed by atoms with E-state index < -0.39 is 0 Å². The Kier molecular flexibility index (Phi) is 7.19. The smallest absolute Gasteiger partial charge is 0.339 e. The molecule has 1 fully saturated rings. The van der Waals surface area contributed by atoms with Gasteiger partial charge in [0.2, 0.25) is 0 Å². The molecule has 0 spiro atoms. The third kappa shape index (κ3) is 4.54. The van der Waals surface area contributed by atoms with Crippen molar-refractivity contribution in [1.29, 1.82) is 0 Å². The number of carbonyl (C=O) groups is 1. The van der Waals surface area contributed by atoms with Crippen LogP contribution in [0.5, 0.6) is 0 Å². The van der Waals surface area contributed by atoms with Crippen molar-refractivity contribution in [1.82, 2.24) is 10.3 Å². The van der Waals surface area contributed by atoms with Crippen molar-refractivity contribution in [2.24, 2.45) is 0 Å². The van der Waals surface area contributed by atoms with E-state index in [2.05, 4.69) is 30.2 Å². The van der Waals surface area contributed by atoms with E-state index in [1.54, 1.807) is 6.20 Å². The first-order valence-electron chi connectivity index (χ1n) is 8.92. The quantitative estimate of drug-likeness (QED) is 0.797. The monoisotopic (exact) mass is 328 g/mol. The number of allylic oxidation sites excluding steroid dienone is 3. The van der Waals surface area contributed by atoms with E-state index in [0.29, 0.717) is 12.2 Å². The van der Waals surface area contributed by atoms with Gasteiger partial charge >= 0.3 is 5.97 Å². The maximum absolute atomic E-state index is 12.1. The zero-order chi connectivity index (χ0) is 17.4. The zero-order valence-corrected chi connectivity index (χ0v) is 15.0. The molecule has 0 aliphatic carbocycles. The lowest BCUT2D eigenvalue weighted by Crippen LogP contribution is -2.24. The van der Waals surface area contributed by atoms with Crippen LogP contribution in [0.1, 0.15) is 62.4 Å². The largest absolute Gasteiger partial charge is 0.462 e. The van der Waals surface area contributed by atoms with Gasteiger partial charge < -0.3 is 10.1 Å². The maximum atomic E-state index is 12.1. The summed E-state index contributed by atoms with van der Waals surface area (Å²) in [4.78, 5) is 16.4. The summed E-state index contributed by atoms with van der Waals surface area (Å²) >= 11 is 0. The van der Waals surface area contributed by atoms with Crippen LogP contribution in [0.2, 0.25) is 0 Å². The van der Waals surface area contributed by atoms with Gasteiger partial charge in [-0.2, -0.15) is 0 Å². The predicted octanol–water partition coefficient (Wildman–Crippen LogP) is 4.14. The zero-order valence-electron chi connectivity index (χ0n) is 15.0. The Labute approximate surface area is 145 Å². The summed E-state index contributed by atoms with van der Waals surface area (Å²) in [6, 6.07) is 1.93. The summed E-state index contributed by atoms with van der Waals surface area (Å²) < 4.78 is 5.12. The molecule has 24 heavy (non-hydrogen) atoms. The third-order valence-corrected chi connectivity index (χ3v) is 4.29. The van der Waals surface area contributed by atoms with E-state index >= 15 is 0 Å². The molecule has 0 aromatic carbocycles. The first-order chi connectivity index (χ1) is 11.7. The topological polar surface area (TPSA) is 51.2 Å². The highest BCUT2D eigenvalue weighted by Gasteiger charge is 2.18. The number of ether oxygens (including phenoxy) is 1. The van der Waals surface area contributed by atoms with Crippen molar-refractivity contribution in [3.05, 3.63) is 46.8 Å². The number of esters is 1. The van der Waals surface area contributed by atoms with Crippen LogP contribution in [0.4, 0.5) is 0 Å². The molecule has 1 aromatic heterocycles. The molecule has 4 nitrogen and oxygen atoms in total. The number of aromatic nitrogens is 1. The fraction of sp³-hybridized carbons (Fsp3) is 0.500. The van der Waals surface area contributed by atoms with Crippen LogP contribution in [-0.4, -0.2) is 30.6 Å². The lowest BCUT2D eigenvalue weighted by atomic mass is 9.87. The van der Waals surface area contributed by atoms with Crippen LogP contribution in [-0.2, 0) is 4.74 Å². The van der Waals surface area contributed by atoms with Gasteiger partial charge in [0.25, 0.3) is 0 Å². The van der Waals surface area contributed by atoms with Crippen LogP contribution in [0.25, 0.3) is 5.57 Å². The lowest BCUT2D eigenvalue weighted by molar-refractivity contribution is 0.0526. The molecule has 2 heterocycles. The second-order valence-electron chi connectivity index (χ2n) is 5.98. The van der Waals surface area contributed by atoms with E-state index in [4.69, 9.17) is 4.74 Å². The first-order valence-corrected chi connectivity index (χ1v) is 8.92. The van der Waals surface area contributed by atoms with Crippen molar-refractivity contribution < 1.29 is 9.53 Å². The second-order valence-corrected chi connectivity index (χ2v) is 5.98. The number of carbonyl (C=O) groups excluding carboxylic acids is 1. The molecule has 4 heteroatoms. The molecule has 0 bridgehead atoms. The Balaban J connectivity index is 2.47. The lowest BCUT2D eigenvalue weighted by Gasteiger charge is -2.22. The van der Waals surface area contributed by atoms with E-state index in [-0.39, 0.29) is 5.97 Å². The molecule has 0 unspecified atom stereocenters. The van der Waals surface area contributed by atoms with Gasteiger partial charge in [0, 0.05) is 18.0 Å². The number of rotatable bonds is 6. The summed E-state index contributed by atoms with van der Waals surface area (Å²) in [7, 11) is 0. The van der Waals surface area contributed by atoms with E-state index in [1.165, 1.54) is 16.7 Å². The minimum Gasteiger partial charge on any atom is -0.462 e. The van der Waals surface area contributed by atoms with Gasteiger partial charge in [0.05, 0.1) is 12.2 Å². The van der Waals surface area contributed by atoms with Crippen LogP contribution in [0.15, 0.2) is 35.7 Å². The Hall–Kier alpha value is -1.94. The highest BCUT2D eigenvalue weighted by Crippen LogP contribution is 2.33. The average Bonchev–Trinajstić information content (AvgIpc) is 2.62. The number of hydrogen-bond donors (Lipinski definition) is 1. The Morgan fingerprint density at radius 2 is 1.96 bits per heavy atom. The van der Waals surface area contributed by atoms with Crippen molar-refractivity contribution in [2.75, 3.05) is 19.7 Å². The molecule has 1 aliphatic heterocycles. The van der Waals surface area contributed by atoms with E-state index in [1.807, 2.05) is 19.2 Å². The second kappa shape index (κ2) is 9.38. The molecule has 1 aromatic rings. The minimum absolute atomic E-state index is 0.306. The Morgan fingerprint density at radius 1 is 1.25 bits per heavy atom.